The standard InChI is InChI=1S/C15H18NO5/c1-3-20-13(17)10-16(11-14(18)21-4-2)15(19)12-8-6-5-7-9-12/h6-9H,3-4,10-11H2,1-2H3. The van der Waals surface area contributed by atoms with Crippen molar-refractivity contribution in [1.29, 1.82) is 0 Å². The highest BCUT2D eigenvalue weighted by molar-refractivity contribution is 5.97. The number of carbonyl (C=O) groups excluding carboxylic acids is 3. The molecule has 6 nitrogen and oxygen atoms in total. The van der Waals surface area contributed by atoms with Gasteiger partial charge in [-0.2, -0.15) is 0 Å². The molecule has 0 bridgehead atoms. The Morgan fingerprint density at radius 2 is 1.48 bits per heavy atom. The number of nitrogens with zero attached hydrogens (tertiary/aromatic N) is 1. The minimum Gasteiger partial charge on any atom is -0.465 e. The average Bonchev–Trinajstić information content (AvgIpc) is 2.47. The largest absolute Gasteiger partial charge is 0.465 e. The second-order valence-corrected chi connectivity index (χ2v) is 4.06. The molecule has 1 rings (SSSR count). The molecule has 0 spiro atoms. The lowest BCUT2D eigenvalue weighted by atomic mass is 10.2. The van der Waals surface area contributed by atoms with E-state index in [2.05, 4.69) is 6.07 Å². The Balaban J connectivity index is 2.82. The molecule has 113 valence electrons. The van der Waals surface area contributed by atoms with E-state index >= 15 is 0 Å². The van der Waals surface area contributed by atoms with Crippen LogP contribution in [0.5, 0.6) is 0 Å². The topological polar surface area (TPSA) is 72.9 Å². The van der Waals surface area contributed by atoms with Crippen LogP contribution in [0.25, 0.3) is 0 Å². The van der Waals surface area contributed by atoms with E-state index in [1.165, 1.54) is 0 Å². The molecule has 1 radical (unpaired) electrons. The first kappa shape index (κ1) is 16.7. The van der Waals surface area contributed by atoms with Gasteiger partial charge < -0.3 is 14.4 Å². The molecule has 0 N–H and O–H groups in total. The summed E-state index contributed by atoms with van der Waals surface area (Å²) in [4.78, 5) is 36.5. The van der Waals surface area contributed by atoms with E-state index in [4.69, 9.17) is 9.47 Å². The minimum absolute atomic E-state index is 0.209. The molecule has 0 aliphatic heterocycles. The van der Waals surface area contributed by atoms with Gasteiger partial charge in [0.2, 0.25) is 0 Å². The van der Waals surface area contributed by atoms with E-state index in [1.54, 1.807) is 38.1 Å². The van der Waals surface area contributed by atoms with E-state index in [9.17, 15) is 14.4 Å². The molecular weight excluding hydrogens is 274 g/mol. The predicted molar refractivity (Wildman–Crippen MR) is 74.4 cm³/mol. The number of benzene rings is 1. The lowest BCUT2D eigenvalue weighted by Gasteiger charge is -2.20. The van der Waals surface area contributed by atoms with Gasteiger partial charge in [0.05, 0.1) is 13.2 Å². The van der Waals surface area contributed by atoms with E-state index in [-0.39, 0.29) is 26.3 Å². The monoisotopic (exact) mass is 292 g/mol. The SMILES string of the molecule is CCOC(=O)CN(CC(=O)OCC)C(=O)c1cc[c]cc1. The van der Waals surface area contributed by atoms with Crippen LogP contribution in [0.3, 0.4) is 0 Å². The van der Waals surface area contributed by atoms with Crippen molar-refractivity contribution in [3.05, 3.63) is 35.9 Å². The highest BCUT2D eigenvalue weighted by Crippen LogP contribution is 2.05. The van der Waals surface area contributed by atoms with Gasteiger partial charge in [-0.3, -0.25) is 14.4 Å². The Hall–Kier alpha value is -2.37. The maximum Gasteiger partial charge on any atom is 0.325 e. The first-order valence-corrected chi connectivity index (χ1v) is 6.65. The molecule has 1 aromatic rings. The van der Waals surface area contributed by atoms with Crippen LogP contribution < -0.4 is 0 Å². The van der Waals surface area contributed by atoms with Gasteiger partial charge in [0.1, 0.15) is 13.1 Å². The second kappa shape index (κ2) is 8.73. The van der Waals surface area contributed by atoms with Crippen LogP contribution in [0.4, 0.5) is 0 Å². The smallest absolute Gasteiger partial charge is 0.325 e. The van der Waals surface area contributed by atoms with Crippen LogP contribution in [-0.4, -0.2) is 49.0 Å². The summed E-state index contributed by atoms with van der Waals surface area (Å²) >= 11 is 0. The molecule has 6 heteroatoms. The maximum atomic E-state index is 12.3. The van der Waals surface area contributed by atoms with Crippen molar-refractivity contribution >= 4 is 17.8 Å². The fraction of sp³-hybridized carbons (Fsp3) is 0.400. The van der Waals surface area contributed by atoms with Gasteiger partial charge in [0, 0.05) is 5.56 Å². The molecule has 1 aromatic carbocycles. The van der Waals surface area contributed by atoms with Gasteiger partial charge in [-0.05, 0) is 32.0 Å². The molecule has 0 atom stereocenters. The number of ether oxygens (including phenoxy) is 2. The lowest BCUT2D eigenvalue weighted by molar-refractivity contribution is -0.147. The van der Waals surface area contributed by atoms with Crippen molar-refractivity contribution in [2.45, 2.75) is 13.8 Å². The molecule has 0 unspecified atom stereocenters. The summed E-state index contributed by atoms with van der Waals surface area (Å²) in [5.41, 5.74) is 0.363. The van der Waals surface area contributed by atoms with Crippen molar-refractivity contribution in [3.63, 3.8) is 0 Å². The third kappa shape index (κ3) is 5.64. The Kier molecular flexibility index (Phi) is 6.94. The summed E-state index contributed by atoms with van der Waals surface area (Å²) in [6.45, 7) is 3.15. The number of hydrogen-bond donors (Lipinski definition) is 0. The van der Waals surface area contributed by atoms with Crippen LogP contribution in [-0.2, 0) is 19.1 Å². The molecule has 21 heavy (non-hydrogen) atoms. The zero-order chi connectivity index (χ0) is 15.7. The Labute approximate surface area is 123 Å². The minimum atomic E-state index is -0.572. The normalized spacial score (nSPS) is 9.81. The van der Waals surface area contributed by atoms with Crippen LogP contribution in [0.15, 0.2) is 24.3 Å². The molecule has 0 aliphatic carbocycles. The highest BCUT2D eigenvalue weighted by atomic mass is 16.5. The predicted octanol–water partition coefficient (Wildman–Crippen LogP) is 1.06. The van der Waals surface area contributed by atoms with E-state index < -0.39 is 17.8 Å². The van der Waals surface area contributed by atoms with Crippen LogP contribution >= 0.6 is 0 Å². The third-order valence-electron chi connectivity index (χ3n) is 2.50. The van der Waals surface area contributed by atoms with Gasteiger partial charge in [-0.15, -0.1) is 0 Å². The number of amides is 1. The molecule has 0 saturated heterocycles. The number of esters is 2. The van der Waals surface area contributed by atoms with Crippen molar-refractivity contribution in [2.75, 3.05) is 26.3 Å². The number of hydrogen-bond acceptors (Lipinski definition) is 5. The molecule has 0 saturated carbocycles. The van der Waals surface area contributed by atoms with Gasteiger partial charge in [-0.1, -0.05) is 12.1 Å². The van der Waals surface area contributed by atoms with Gasteiger partial charge in [-0.25, -0.2) is 0 Å². The van der Waals surface area contributed by atoms with Crippen LogP contribution in [0, 0.1) is 6.07 Å². The molecule has 0 aliphatic rings. The number of rotatable bonds is 7. The molecule has 0 fully saturated rings. The van der Waals surface area contributed by atoms with Crippen molar-refractivity contribution in [3.8, 4) is 0 Å². The lowest BCUT2D eigenvalue weighted by Crippen LogP contribution is -2.40. The maximum absolute atomic E-state index is 12.3. The second-order valence-electron chi connectivity index (χ2n) is 4.06. The molecule has 1 amide bonds. The molecular formula is C15H18NO5. The zero-order valence-corrected chi connectivity index (χ0v) is 12.1. The van der Waals surface area contributed by atoms with Gasteiger partial charge in [0.15, 0.2) is 0 Å². The summed E-state index contributed by atoms with van der Waals surface area (Å²) < 4.78 is 9.62. The Morgan fingerprint density at radius 3 is 1.90 bits per heavy atom. The first-order chi connectivity index (χ1) is 10.1. The quantitative estimate of drug-likeness (QED) is 0.702. The van der Waals surface area contributed by atoms with Crippen LogP contribution in [0.2, 0.25) is 0 Å². The Bertz CT molecular complexity index is 466. The van der Waals surface area contributed by atoms with Crippen molar-refractivity contribution in [1.82, 2.24) is 4.90 Å². The van der Waals surface area contributed by atoms with Crippen molar-refractivity contribution in [2.24, 2.45) is 0 Å². The van der Waals surface area contributed by atoms with E-state index in [1.807, 2.05) is 0 Å². The molecule has 0 aromatic heterocycles. The van der Waals surface area contributed by atoms with Gasteiger partial charge >= 0.3 is 11.9 Å². The third-order valence-corrected chi connectivity index (χ3v) is 2.50. The summed E-state index contributed by atoms with van der Waals surface area (Å²) in [6, 6.07) is 9.08. The average molecular weight is 292 g/mol. The van der Waals surface area contributed by atoms with Crippen LogP contribution in [0.1, 0.15) is 24.2 Å². The summed E-state index contributed by atoms with van der Waals surface area (Å²) in [6.07, 6.45) is 0. The fourth-order valence-electron chi connectivity index (χ4n) is 1.64. The Morgan fingerprint density at radius 1 is 1.00 bits per heavy atom. The summed E-state index contributed by atoms with van der Waals surface area (Å²) in [5, 5.41) is 0. The summed E-state index contributed by atoms with van der Waals surface area (Å²) in [5.74, 6) is -1.58. The summed E-state index contributed by atoms with van der Waals surface area (Å²) in [7, 11) is 0. The zero-order valence-electron chi connectivity index (χ0n) is 12.1. The van der Waals surface area contributed by atoms with Gasteiger partial charge in [0.25, 0.3) is 5.91 Å². The number of carbonyl (C=O) groups is 3. The molecule has 0 heterocycles. The fourth-order valence-corrected chi connectivity index (χ4v) is 1.64. The first-order valence-electron chi connectivity index (χ1n) is 6.65. The van der Waals surface area contributed by atoms with E-state index in [0.717, 1.165) is 4.90 Å². The van der Waals surface area contributed by atoms with E-state index in [0.29, 0.717) is 5.56 Å². The van der Waals surface area contributed by atoms with Crippen molar-refractivity contribution < 1.29 is 23.9 Å². The highest BCUT2D eigenvalue weighted by Gasteiger charge is 2.22.